The fourth-order valence-corrected chi connectivity index (χ4v) is 4.71. The summed E-state index contributed by atoms with van der Waals surface area (Å²) in [5, 5.41) is 8.93. The Hall–Kier alpha value is -0.650. The minimum absolute atomic E-state index is 0. The summed E-state index contributed by atoms with van der Waals surface area (Å²) in [6.45, 7) is 0.283. The first-order valence-electron chi connectivity index (χ1n) is 6.36. The van der Waals surface area contributed by atoms with Crippen molar-refractivity contribution in [1.29, 1.82) is 5.26 Å². The van der Waals surface area contributed by atoms with Crippen LogP contribution in [0.4, 0.5) is 0 Å². The van der Waals surface area contributed by atoms with Crippen molar-refractivity contribution in [1.82, 2.24) is 4.72 Å². The number of nitrogens with zero attached hydrogens (tertiary/aromatic N) is 1. The van der Waals surface area contributed by atoms with Crippen LogP contribution >= 0.6 is 28.3 Å². The summed E-state index contributed by atoms with van der Waals surface area (Å²) in [5.74, 6) is 0. The molecule has 5 nitrogen and oxygen atoms in total. The SMILES string of the molecule is Cl.N#Cc1cc(Br)cc(S(=O)(=O)NC2(CN)CCCC2)c1. The minimum Gasteiger partial charge on any atom is -0.329 e. The molecule has 3 N–H and O–H groups in total. The molecule has 21 heavy (non-hydrogen) atoms. The van der Waals surface area contributed by atoms with Gasteiger partial charge in [0, 0.05) is 16.6 Å². The Morgan fingerprint density at radius 1 is 1.33 bits per heavy atom. The second-order valence-electron chi connectivity index (χ2n) is 5.08. The number of sulfonamides is 1. The Morgan fingerprint density at radius 2 is 1.95 bits per heavy atom. The van der Waals surface area contributed by atoms with Gasteiger partial charge in [0.25, 0.3) is 0 Å². The number of halogens is 2. The maximum atomic E-state index is 12.5. The van der Waals surface area contributed by atoms with Gasteiger partial charge in [-0.1, -0.05) is 28.8 Å². The highest BCUT2D eigenvalue weighted by atomic mass is 79.9. The Balaban J connectivity index is 0.00000220. The van der Waals surface area contributed by atoms with Crippen molar-refractivity contribution in [2.75, 3.05) is 6.54 Å². The number of rotatable bonds is 4. The lowest BCUT2D eigenvalue weighted by Gasteiger charge is -2.28. The van der Waals surface area contributed by atoms with Gasteiger partial charge in [0.2, 0.25) is 10.0 Å². The van der Waals surface area contributed by atoms with Crippen molar-refractivity contribution in [2.24, 2.45) is 5.73 Å². The van der Waals surface area contributed by atoms with Crippen LogP contribution in [0.25, 0.3) is 0 Å². The molecule has 0 radical (unpaired) electrons. The Bertz CT molecular complexity index is 652. The lowest BCUT2D eigenvalue weighted by atomic mass is 10.0. The van der Waals surface area contributed by atoms with Gasteiger partial charge in [-0.15, -0.1) is 12.4 Å². The van der Waals surface area contributed by atoms with E-state index in [0.717, 1.165) is 25.7 Å². The summed E-state index contributed by atoms with van der Waals surface area (Å²) in [7, 11) is -3.68. The molecule has 1 saturated carbocycles. The Kier molecular flexibility index (Phi) is 6.20. The van der Waals surface area contributed by atoms with Crippen LogP contribution in [-0.2, 0) is 10.0 Å². The summed E-state index contributed by atoms with van der Waals surface area (Å²) in [4.78, 5) is 0.0862. The third-order valence-electron chi connectivity index (χ3n) is 3.61. The molecule has 0 atom stereocenters. The molecule has 0 saturated heterocycles. The second-order valence-corrected chi connectivity index (χ2v) is 7.68. The molecule has 8 heteroatoms. The second kappa shape index (κ2) is 7.07. The standard InChI is InChI=1S/C13H16BrN3O2S.ClH/c14-11-5-10(8-15)6-12(7-11)20(18,19)17-13(9-16)3-1-2-4-13;/h5-7,17H,1-4,9,16H2;1H. The fraction of sp³-hybridized carbons (Fsp3) is 0.462. The predicted molar refractivity (Wildman–Crippen MR) is 86.7 cm³/mol. The molecule has 1 aliphatic carbocycles. The molecule has 116 valence electrons. The Morgan fingerprint density at radius 3 is 2.48 bits per heavy atom. The number of hydrogen-bond donors (Lipinski definition) is 2. The molecular formula is C13H17BrClN3O2S. The van der Waals surface area contributed by atoms with E-state index in [1.807, 2.05) is 6.07 Å². The molecule has 0 bridgehead atoms. The van der Waals surface area contributed by atoms with E-state index in [-0.39, 0.29) is 23.8 Å². The fourth-order valence-electron chi connectivity index (χ4n) is 2.53. The average Bonchev–Trinajstić information content (AvgIpc) is 2.86. The van der Waals surface area contributed by atoms with Gasteiger partial charge in [0.05, 0.1) is 16.5 Å². The molecule has 0 amide bonds. The van der Waals surface area contributed by atoms with Gasteiger partial charge in [-0.2, -0.15) is 5.26 Å². The highest BCUT2D eigenvalue weighted by molar-refractivity contribution is 9.10. The zero-order valence-corrected chi connectivity index (χ0v) is 14.5. The van der Waals surface area contributed by atoms with E-state index in [4.69, 9.17) is 11.0 Å². The molecular weight excluding hydrogens is 378 g/mol. The number of hydrogen-bond acceptors (Lipinski definition) is 4. The molecule has 0 aromatic heterocycles. The van der Waals surface area contributed by atoms with Crippen LogP contribution in [0.2, 0.25) is 0 Å². The normalized spacial score (nSPS) is 17.0. The van der Waals surface area contributed by atoms with Gasteiger partial charge in [-0.25, -0.2) is 13.1 Å². The van der Waals surface area contributed by atoms with E-state index in [1.54, 1.807) is 6.07 Å². The van der Waals surface area contributed by atoms with Crippen molar-refractivity contribution in [3.63, 3.8) is 0 Å². The van der Waals surface area contributed by atoms with E-state index in [2.05, 4.69) is 20.7 Å². The van der Waals surface area contributed by atoms with Gasteiger partial charge < -0.3 is 5.73 Å². The minimum atomic E-state index is -3.68. The molecule has 0 heterocycles. The Labute approximate surface area is 139 Å². The van der Waals surface area contributed by atoms with Gasteiger partial charge in [0.15, 0.2) is 0 Å². The van der Waals surface area contributed by atoms with E-state index in [9.17, 15) is 8.42 Å². The van der Waals surface area contributed by atoms with Crippen LogP contribution in [0.1, 0.15) is 31.2 Å². The summed E-state index contributed by atoms with van der Waals surface area (Å²) >= 11 is 3.22. The van der Waals surface area contributed by atoms with Crippen LogP contribution in [0.3, 0.4) is 0 Å². The van der Waals surface area contributed by atoms with Crippen molar-refractivity contribution in [2.45, 2.75) is 36.1 Å². The quantitative estimate of drug-likeness (QED) is 0.819. The van der Waals surface area contributed by atoms with Crippen molar-refractivity contribution >= 4 is 38.4 Å². The summed E-state index contributed by atoms with van der Waals surface area (Å²) in [6.07, 6.45) is 3.45. The first-order valence-corrected chi connectivity index (χ1v) is 8.63. The van der Waals surface area contributed by atoms with E-state index in [0.29, 0.717) is 10.0 Å². The van der Waals surface area contributed by atoms with Gasteiger partial charge in [-0.05, 0) is 31.0 Å². The van der Waals surface area contributed by atoms with E-state index >= 15 is 0 Å². The molecule has 1 aromatic carbocycles. The molecule has 0 spiro atoms. The largest absolute Gasteiger partial charge is 0.329 e. The first-order chi connectivity index (χ1) is 9.41. The van der Waals surface area contributed by atoms with Crippen LogP contribution in [-0.4, -0.2) is 20.5 Å². The average molecular weight is 395 g/mol. The maximum absolute atomic E-state index is 12.5. The van der Waals surface area contributed by atoms with E-state index in [1.165, 1.54) is 12.1 Å². The number of nitriles is 1. The highest BCUT2D eigenvalue weighted by Gasteiger charge is 2.36. The number of benzene rings is 1. The third-order valence-corrected chi connectivity index (χ3v) is 5.63. The highest BCUT2D eigenvalue weighted by Crippen LogP contribution is 2.31. The maximum Gasteiger partial charge on any atom is 0.241 e. The summed E-state index contributed by atoms with van der Waals surface area (Å²) in [5.41, 5.74) is 5.50. The monoisotopic (exact) mass is 393 g/mol. The molecule has 0 aliphatic heterocycles. The number of nitrogens with two attached hydrogens (primary N) is 1. The van der Waals surface area contributed by atoms with Gasteiger partial charge >= 0.3 is 0 Å². The van der Waals surface area contributed by atoms with E-state index < -0.39 is 15.6 Å². The lowest BCUT2D eigenvalue weighted by Crippen LogP contribution is -2.51. The molecule has 0 unspecified atom stereocenters. The van der Waals surface area contributed by atoms with Crippen LogP contribution < -0.4 is 10.5 Å². The zero-order chi connectivity index (χ0) is 14.8. The summed E-state index contributed by atoms with van der Waals surface area (Å²) in [6, 6.07) is 6.38. The van der Waals surface area contributed by atoms with Gasteiger partial charge in [-0.3, -0.25) is 0 Å². The summed E-state index contributed by atoms with van der Waals surface area (Å²) < 4.78 is 28.2. The number of nitrogens with one attached hydrogen (secondary N) is 1. The van der Waals surface area contributed by atoms with Crippen LogP contribution in [0, 0.1) is 11.3 Å². The smallest absolute Gasteiger partial charge is 0.241 e. The van der Waals surface area contributed by atoms with Crippen molar-refractivity contribution in [3.05, 3.63) is 28.2 Å². The molecule has 1 aliphatic rings. The third kappa shape index (κ3) is 4.18. The molecule has 1 aromatic rings. The molecule has 2 rings (SSSR count). The first kappa shape index (κ1) is 18.4. The predicted octanol–water partition coefficient (Wildman–Crippen LogP) is 2.29. The van der Waals surface area contributed by atoms with Crippen LogP contribution in [0.15, 0.2) is 27.6 Å². The van der Waals surface area contributed by atoms with Gasteiger partial charge in [0.1, 0.15) is 0 Å². The zero-order valence-electron chi connectivity index (χ0n) is 11.3. The van der Waals surface area contributed by atoms with Crippen molar-refractivity contribution in [3.8, 4) is 6.07 Å². The topological polar surface area (TPSA) is 96.0 Å². The van der Waals surface area contributed by atoms with Crippen molar-refractivity contribution < 1.29 is 8.42 Å². The van der Waals surface area contributed by atoms with Crippen LogP contribution in [0.5, 0.6) is 0 Å². The lowest BCUT2D eigenvalue weighted by molar-refractivity contribution is 0.399. The molecule has 1 fully saturated rings.